The summed E-state index contributed by atoms with van der Waals surface area (Å²) in [5.41, 5.74) is 0.838. The first-order valence-corrected chi connectivity index (χ1v) is 6.40. The van der Waals surface area contributed by atoms with Gasteiger partial charge in [-0.1, -0.05) is 24.9 Å². The van der Waals surface area contributed by atoms with Crippen LogP contribution in [0.2, 0.25) is 5.15 Å². The van der Waals surface area contributed by atoms with Gasteiger partial charge in [-0.25, -0.2) is 9.78 Å². The maximum Gasteiger partial charge on any atom is 0.337 e. The molecule has 1 aliphatic rings. The number of pyridine rings is 1. The van der Waals surface area contributed by atoms with E-state index < -0.39 is 5.97 Å². The molecule has 4 nitrogen and oxygen atoms in total. The number of halogens is 1. The van der Waals surface area contributed by atoms with Crippen LogP contribution in [0.1, 0.15) is 35.8 Å². The highest BCUT2D eigenvalue weighted by Gasteiger charge is 2.39. The van der Waals surface area contributed by atoms with E-state index in [4.69, 9.17) is 21.4 Å². The number of aromatic nitrogens is 1. The summed E-state index contributed by atoms with van der Waals surface area (Å²) in [5, 5.41) is 9.49. The van der Waals surface area contributed by atoms with Crippen molar-refractivity contribution < 1.29 is 14.6 Å². The molecular weight excluding hydrogens is 254 g/mol. The quantitative estimate of drug-likeness (QED) is 0.835. The first-order chi connectivity index (χ1) is 8.56. The first-order valence-electron chi connectivity index (χ1n) is 6.03. The molecule has 98 valence electrons. The lowest BCUT2D eigenvalue weighted by molar-refractivity contribution is -0.117. The standard InChI is InChI=1S/C13H16ClNO3/c1-2-5-13(7-18-8-13)6-10-9(12(16)17)3-4-11(14)15-10/h3-4H,2,5-8H2,1H3,(H,16,17). The molecule has 1 fully saturated rings. The first kappa shape index (κ1) is 13.3. The maximum atomic E-state index is 11.2. The molecule has 1 aliphatic heterocycles. The number of hydrogen-bond acceptors (Lipinski definition) is 3. The maximum absolute atomic E-state index is 11.2. The van der Waals surface area contributed by atoms with E-state index in [0.29, 0.717) is 30.5 Å². The molecule has 0 saturated carbocycles. The van der Waals surface area contributed by atoms with Crippen LogP contribution in [0.4, 0.5) is 0 Å². The van der Waals surface area contributed by atoms with Crippen LogP contribution in [0, 0.1) is 5.41 Å². The molecular formula is C13H16ClNO3. The molecule has 1 N–H and O–H groups in total. The topological polar surface area (TPSA) is 59.4 Å². The highest BCUT2D eigenvalue weighted by atomic mass is 35.5. The average molecular weight is 270 g/mol. The smallest absolute Gasteiger partial charge is 0.337 e. The van der Waals surface area contributed by atoms with Crippen molar-refractivity contribution in [2.75, 3.05) is 13.2 Å². The van der Waals surface area contributed by atoms with Crippen molar-refractivity contribution in [3.63, 3.8) is 0 Å². The van der Waals surface area contributed by atoms with Gasteiger partial charge < -0.3 is 9.84 Å². The lowest BCUT2D eigenvalue weighted by atomic mass is 9.77. The summed E-state index contributed by atoms with van der Waals surface area (Å²) in [5.74, 6) is -0.957. The van der Waals surface area contributed by atoms with Gasteiger partial charge in [0.25, 0.3) is 0 Å². The Morgan fingerprint density at radius 1 is 1.56 bits per heavy atom. The van der Waals surface area contributed by atoms with Crippen LogP contribution in [0.5, 0.6) is 0 Å². The van der Waals surface area contributed by atoms with Gasteiger partial charge in [-0.2, -0.15) is 0 Å². The lowest BCUT2D eigenvalue weighted by Crippen LogP contribution is -2.44. The van der Waals surface area contributed by atoms with Gasteiger partial charge in [0.05, 0.1) is 24.5 Å². The Morgan fingerprint density at radius 3 is 2.78 bits per heavy atom. The largest absolute Gasteiger partial charge is 0.478 e. The number of carboxylic acid groups (broad SMARTS) is 1. The van der Waals surface area contributed by atoms with Crippen molar-refractivity contribution >= 4 is 17.6 Å². The molecule has 1 aromatic heterocycles. The summed E-state index contributed by atoms with van der Waals surface area (Å²) >= 11 is 5.85. The molecule has 0 spiro atoms. The van der Waals surface area contributed by atoms with Crippen LogP contribution < -0.4 is 0 Å². The summed E-state index contributed by atoms with van der Waals surface area (Å²) in [6.45, 7) is 3.46. The molecule has 0 atom stereocenters. The van der Waals surface area contributed by atoms with E-state index in [9.17, 15) is 4.79 Å². The van der Waals surface area contributed by atoms with Crippen LogP contribution in [-0.2, 0) is 11.2 Å². The Hall–Kier alpha value is -1.13. The van der Waals surface area contributed by atoms with Gasteiger partial charge >= 0.3 is 5.97 Å². The van der Waals surface area contributed by atoms with Gasteiger partial charge in [0.2, 0.25) is 0 Å². The summed E-state index contributed by atoms with van der Waals surface area (Å²) < 4.78 is 5.29. The van der Waals surface area contributed by atoms with Gasteiger partial charge in [-0.15, -0.1) is 0 Å². The van der Waals surface area contributed by atoms with E-state index in [1.54, 1.807) is 0 Å². The summed E-state index contributed by atoms with van der Waals surface area (Å²) in [4.78, 5) is 15.3. The van der Waals surface area contributed by atoms with Gasteiger partial charge in [0.15, 0.2) is 0 Å². The number of carbonyl (C=O) groups is 1. The van der Waals surface area contributed by atoms with Gasteiger partial charge in [-0.05, 0) is 18.6 Å². The predicted octanol–water partition coefficient (Wildman–Crippen LogP) is 2.79. The fourth-order valence-corrected chi connectivity index (χ4v) is 2.58. The van der Waals surface area contributed by atoms with E-state index in [2.05, 4.69) is 11.9 Å². The SMILES string of the molecule is CCCC1(Cc2nc(Cl)ccc2C(=O)O)COC1. The number of ether oxygens (including phenoxy) is 1. The molecule has 0 radical (unpaired) electrons. The molecule has 1 saturated heterocycles. The second-order valence-corrected chi connectivity index (χ2v) is 5.24. The van der Waals surface area contributed by atoms with Crippen molar-refractivity contribution in [2.45, 2.75) is 26.2 Å². The fourth-order valence-electron chi connectivity index (χ4n) is 2.42. The average Bonchev–Trinajstić information content (AvgIpc) is 2.26. The molecule has 5 heteroatoms. The second-order valence-electron chi connectivity index (χ2n) is 4.85. The molecule has 0 aromatic carbocycles. The van der Waals surface area contributed by atoms with E-state index in [-0.39, 0.29) is 11.0 Å². The minimum Gasteiger partial charge on any atom is -0.478 e. The number of hydrogen-bond donors (Lipinski definition) is 1. The third-order valence-corrected chi connectivity index (χ3v) is 3.52. The number of aromatic carboxylic acids is 1. The molecule has 1 aromatic rings. The highest BCUT2D eigenvalue weighted by molar-refractivity contribution is 6.29. The molecule has 0 amide bonds. The highest BCUT2D eigenvalue weighted by Crippen LogP contribution is 2.36. The monoisotopic (exact) mass is 269 g/mol. The van der Waals surface area contributed by atoms with E-state index in [0.717, 1.165) is 12.8 Å². The summed E-state index contributed by atoms with van der Waals surface area (Å²) in [6, 6.07) is 3.03. The van der Waals surface area contributed by atoms with Crippen LogP contribution in [-0.4, -0.2) is 29.3 Å². The van der Waals surface area contributed by atoms with Gasteiger partial charge in [0.1, 0.15) is 5.15 Å². The van der Waals surface area contributed by atoms with Crippen molar-refractivity contribution in [1.29, 1.82) is 0 Å². The normalized spacial score (nSPS) is 17.2. The van der Waals surface area contributed by atoms with Crippen LogP contribution in [0.15, 0.2) is 12.1 Å². The number of rotatable bonds is 5. The van der Waals surface area contributed by atoms with Gasteiger partial charge in [-0.3, -0.25) is 0 Å². The van der Waals surface area contributed by atoms with E-state index in [1.165, 1.54) is 12.1 Å². The van der Waals surface area contributed by atoms with E-state index in [1.807, 2.05) is 0 Å². The summed E-state index contributed by atoms with van der Waals surface area (Å²) in [7, 11) is 0. The second kappa shape index (κ2) is 5.24. The minimum absolute atomic E-state index is 0.0383. The Bertz CT molecular complexity index is 458. The number of carboxylic acids is 1. The summed E-state index contributed by atoms with van der Waals surface area (Å²) in [6.07, 6.45) is 2.68. The van der Waals surface area contributed by atoms with Crippen molar-refractivity contribution in [1.82, 2.24) is 4.98 Å². The van der Waals surface area contributed by atoms with Crippen LogP contribution in [0.3, 0.4) is 0 Å². The molecule has 0 bridgehead atoms. The van der Waals surface area contributed by atoms with Crippen LogP contribution in [0.25, 0.3) is 0 Å². The number of nitrogens with zero attached hydrogens (tertiary/aromatic N) is 1. The van der Waals surface area contributed by atoms with Gasteiger partial charge in [0, 0.05) is 11.8 Å². The van der Waals surface area contributed by atoms with Crippen molar-refractivity contribution in [3.8, 4) is 0 Å². The van der Waals surface area contributed by atoms with E-state index >= 15 is 0 Å². The molecule has 0 aliphatic carbocycles. The molecule has 0 unspecified atom stereocenters. The lowest BCUT2D eigenvalue weighted by Gasteiger charge is -2.41. The zero-order valence-electron chi connectivity index (χ0n) is 10.3. The Morgan fingerprint density at radius 2 is 2.28 bits per heavy atom. The van der Waals surface area contributed by atoms with Crippen LogP contribution >= 0.6 is 11.6 Å². The predicted molar refractivity (Wildman–Crippen MR) is 68.1 cm³/mol. The fraction of sp³-hybridized carbons (Fsp3) is 0.538. The zero-order chi connectivity index (χ0) is 13.2. The molecule has 2 heterocycles. The Labute approximate surface area is 111 Å². The third kappa shape index (κ3) is 2.65. The molecule has 2 rings (SSSR count). The Kier molecular flexibility index (Phi) is 3.88. The Balaban J connectivity index is 2.27. The van der Waals surface area contributed by atoms with Crippen molar-refractivity contribution in [2.24, 2.45) is 5.41 Å². The minimum atomic E-state index is -0.957. The van der Waals surface area contributed by atoms with Crippen molar-refractivity contribution in [3.05, 3.63) is 28.5 Å². The third-order valence-electron chi connectivity index (χ3n) is 3.31. The molecule has 18 heavy (non-hydrogen) atoms. The zero-order valence-corrected chi connectivity index (χ0v) is 11.0.